The Bertz CT molecular complexity index is 303. The number of rotatable bonds is 7. The SMILES string of the molecule is CCCC(O)CNC(C)Cn1cc(Br)cn1. The summed E-state index contributed by atoms with van der Waals surface area (Å²) in [6.45, 7) is 5.63. The minimum absolute atomic E-state index is 0.239. The lowest BCUT2D eigenvalue weighted by atomic mass is 10.2. The number of hydrogen-bond donors (Lipinski definition) is 2. The molecule has 0 saturated carbocycles. The van der Waals surface area contributed by atoms with Crippen molar-refractivity contribution in [2.45, 2.75) is 45.4 Å². The Hall–Kier alpha value is -0.390. The molecule has 2 atom stereocenters. The van der Waals surface area contributed by atoms with Crippen molar-refractivity contribution in [2.24, 2.45) is 0 Å². The zero-order valence-electron chi connectivity index (χ0n) is 9.86. The number of nitrogens with one attached hydrogen (secondary N) is 1. The van der Waals surface area contributed by atoms with Crippen molar-refractivity contribution in [1.29, 1.82) is 0 Å². The number of aliphatic hydroxyl groups excluding tert-OH is 1. The van der Waals surface area contributed by atoms with E-state index in [9.17, 15) is 5.11 Å². The quantitative estimate of drug-likeness (QED) is 0.805. The minimum Gasteiger partial charge on any atom is -0.392 e. The van der Waals surface area contributed by atoms with Crippen LogP contribution in [0.1, 0.15) is 26.7 Å². The summed E-state index contributed by atoms with van der Waals surface area (Å²) in [6.07, 6.45) is 5.35. The van der Waals surface area contributed by atoms with Crippen LogP contribution >= 0.6 is 15.9 Å². The lowest BCUT2D eigenvalue weighted by molar-refractivity contribution is 0.155. The van der Waals surface area contributed by atoms with E-state index in [0.717, 1.165) is 23.9 Å². The number of nitrogens with zero attached hydrogens (tertiary/aromatic N) is 2. The average Bonchev–Trinajstić information content (AvgIpc) is 2.61. The molecule has 92 valence electrons. The van der Waals surface area contributed by atoms with Crippen LogP contribution in [0.2, 0.25) is 0 Å². The average molecular weight is 290 g/mol. The Labute approximate surface area is 105 Å². The summed E-state index contributed by atoms with van der Waals surface area (Å²) in [5, 5.41) is 17.1. The highest BCUT2D eigenvalue weighted by molar-refractivity contribution is 9.10. The zero-order chi connectivity index (χ0) is 12.0. The molecule has 1 rings (SSSR count). The molecule has 0 fully saturated rings. The van der Waals surface area contributed by atoms with Crippen LogP contribution in [0.25, 0.3) is 0 Å². The Morgan fingerprint density at radius 3 is 2.94 bits per heavy atom. The van der Waals surface area contributed by atoms with Gasteiger partial charge in [-0.15, -0.1) is 0 Å². The van der Waals surface area contributed by atoms with Gasteiger partial charge in [0.1, 0.15) is 0 Å². The maximum Gasteiger partial charge on any atom is 0.0664 e. The molecule has 0 saturated heterocycles. The van der Waals surface area contributed by atoms with Gasteiger partial charge in [0.2, 0.25) is 0 Å². The van der Waals surface area contributed by atoms with Gasteiger partial charge in [0.25, 0.3) is 0 Å². The van der Waals surface area contributed by atoms with E-state index < -0.39 is 0 Å². The van der Waals surface area contributed by atoms with Crippen LogP contribution in [-0.4, -0.2) is 33.6 Å². The third-order valence-corrected chi connectivity index (χ3v) is 2.80. The summed E-state index contributed by atoms with van der Waals surface area (Å²) in [6, 6.07) is 0.304. The molecule has 2 N–H and O–H groups in total. The third-order valence-electron chi connectivity index (χ3n) is 2.39. The van der Waals surface area contributed by atoms with Gasteiger partial charge in [-0.05, 0) is 29.3 Å². The first kappa shape index (κ1) is 13.7. The molecule has 5 heteroatoms. The summed E-state index contributed by atoms with van der Waals surface area (Å²) in [5.74, 6) is 0. The first-order chi connectivity index (χ1) is 7.61. The molecule has 16 heavy (non-hydrogen) atoms. The number of aromatic nitrogens is 2. The fourth-order valence-corrected chi connectivity index (χ4v) is 1.88. The smallest absolute Gasteiger partial charge is 0.0664 e. The van der Waals surface area contributed by atoms with Crippen molar-refractivity contribution < 1.29 is 5.11 Å². The topological polar surface area (TPSA) is 50.1 Å². The largest absolute Gasteiger partial charge is 0.392 e. The Morgan fingerprint density at radius 2 is 2.38 bits per heavy atom. The van der Waals surface area contributed by atoms with Crippen molar-refractivity contribution in [2.75, 3.05) is 6.54 Å². The van der Waals surface area contributed by atoms with Crippen LogP contribution in [0.15, 0.2) is 16.9 Å². The molecular weight excluding hydrogens is 270 g/mol. The molecular formula is C11H20BrN3O. The molecule has 0 aromatic carbocycles. The highest BCUT2D eigenvalue weighted by Gasteiger charge is 2.07. The van der Waals surface area contributed by atoms with Gasteiger partial charge < -0.3 is 10.4 Å². The molecule has 1 aromatic rings. The standard InChI is InChI=1S/C11H20BrN3O/c1-3-4-11(16)6-13-9(2)7-15-8-10(12)5-14-15/h5,8-9,11,13,16H,3-4,6-7H2,1-2H3. The van der Waals surface area contributed by atoms with Crippen molar-refractivity contribution in [1.82, 2.24) is 15.1 Å². The summed E-state index contributed by atoms with van der Waals surface area (Å²) < 4.78 is 2.87. The summed E-state index contributed by atoms with van der Waals surface area (Å²) in [4.78, 5) is 0. The monoisotopic (exact) mass is 289 g/mol. The number of aliphatic hydroxyl groups is 1. The van der Waals surface area contributed by atoms with Gasteiger partial charge in [0.15, 0.2) is 0 Å². The highest BCUT2D eigenvalue weighted by atomic mass is 79.9. The van der Waals surface area contributed by atoms with E-state index in [1.807, 2.05) is 10.9 Å². The number of hydrogen-bond acceptors (Lipinski definition) is 3. The molecule has 0 radical (unpaired) electrons. The van der Waals surface area contributed by atoms with E-state index in [2.05, 4.69) is 40.2 Å². The predicted molar refractivity (Wildman–Crippen MR) is 68.3 cm³/mol. The molecule has 0 amide bonds. The van der Waals surface area contributed by atoms with Gasteiger partial charge in [-0.3, -0.25) is 4.68 Å². The van der Waals surface area contributed by atoms with Gasteiger partial charge in [-0.1, -0.05) is 13.3 Å². The zero-order valence-corrected chi connectivity index (χ0v) is 11.4. The van der Waals surface area contributed by atoms with Gasteiger partial charge >= 0.3 is 0 Å². The summed E-state index contributed by atoms with van der Waals surface area (Å²) in [7, 11) is 0. The molecule has 0 aliphatic heterocycles. The van der Waals surface area contributed by atoms with E-state index in [1.54, 1.807) is 6.20 Å². The highest BCUT2D eigenvalue weighted by Crippen LogP contribution is 2.06. The predicted octanol–water partition coefficient (Wildman–Crippen LogP) is 1.78. The first-order valence-corrected chi connectivity index (χ1v) is 6.50. The van der Waals surface area contributed by atoms with Crippen LogP contribution in [0.3, 0.4) is 0 Å². The van der Waals surface area contributed by atoms with E-state index >= 15 is 0 Å². The fourth-order valence-electron chi connectivity index (χ4n) is 1.56. The summed E-state index contributed by atoms with van der Waals surface area (Å²) in [5.41, 5.74) is 0. The second-order valence-electron chi connectivity index (χ2n) is 4.13. The third kappa shape index (κ3) is 5.09. The normalized spacial score (nSPS) is 15.0. The van der Waals surface area contributed by atoms with E-state index in [0.29, 0.717) is 12.6 Å². The van der Waals surface area contributed by atoms with Crippen LogP contribution in [0.4, 0.5) is 0 Å². The van der Waals surface area contributed by atoms with Gasteiger partial charge in [0, 0.05) is 18.8 Å². The lowest BCUT2D eigenvalue weighted by Gasteiger charge is -2.16. The maximum atomic E-state index is 9.58. The molecule has 2 unspecified atom stereocenters. The molecule has 0 aliphatic rings. The van der Waals surface area contributed by atoms with Gasteiger partial charge in [-0.25, -0.2) is 0 Å². The van der Waals surface area contributed by atoms with Crippen LogP contribution in [0, 0.1) is 0 Å². The fraction of sp³-hybridized carbons (Fsp3) is 0.727. The second-order valence-corrected chi connectivity index (χ2v) is 5.05. The van der Waals surface area contributed by atoms with E-state index in [4.69, 9.17) is 0 Å². The van der Waals surface area contributed by atoms with Crippen molar-refractivity contribution in [3.05, 3.63) is 16.9 Å². The molecule has 0 bridgehead atoms. The Morgan fingerprint density at radius 1 is 1.62 bits per heavy atom. The molecule has 1 heterocycles. The molecule has 4 nitrogen and oxygen atoms in total. The van der Waals surface area contributed by atoms with Crippen LogP contribution in [0.5, 0.6) is 0 Å². The first-order valence-electron chi connectivity index (χ1n) is 5.71. The van der Waals surface area contributed by atoms with Crippen LogP contribution < -0.4 is 5.32 Å². The van der Waals surface area contributed by atoms with Crippen LogP contribution in [-0.2, 0) is 6.54 Å². The van der Waals surface area contributed by atoms with Crippen molar-refractivity contribution >= 4 is 15.9 Å². The molecule has 0 aliphatic carbocycles. The summed E-state index contributed by atoms with van der Waals surface area (Å²) >= 11 is 3.36. The van der Waals surface area contributed by atoms with Gasteiger partial charge in [0.05, 0.1) is 23.3 Å². The molecule has 1 aromatic heterocycles. The Kier molecular flexibility index (Phi) is 6.01. The maximum absolute atomic E-state index is 9.58. The van der Waals surface area contributed by atoms with Crippen molar-refractivity contribution in [3.8, 4) is 0 Å². The Balaban J connectivity index is 2.23. The minimum atomic E-state index is -0.239. The van der Waals surface area contributed by atoms with E-state index in [-0.39, 0.29) is 6.10 Å². The second kappa shape index (κ2) is 7.04. The van der Waals surface area contributed by atoms with Gasteiger partial charge in [-0.2, -0.15) is 5.10 Å². The lowest BCUT2D eigenvalue weighted by Crippen LogP contribution is -2.36. The van der Waals surface area contributed by atoms with E-state index in [1.165, 1.54) is 0 Å². The molecule has 0 spiro atoms. The number of halogens is 1. The van der Waals surface area contributed by atoms with Crippen molar-refractivity contribution in [3.63, 3.8) is 0 Å².